The third kappa shape index (κ3) is 3.14. The molecule has 9 nitrogen and oxygen atoms in total. The maximum absolute atomic E-state index is 14.0. The zero-order valence-corrected chi connectivity index (χ0v) is 20.1. The Morgan fingerprint density at radius 3 is 2.29 bits per heavy atom. The zero-order valence-electron chi connectivity index (χ0n) is 20.1. The number of fused-ring (bicyclic) bond motifs is 4. The van der Waals surface area contributed by atoms with Gasteiger partial charge in [-0.15, -0.1) is 0 Å². The Labute approximate surface area is 202 Å². The van der Waals surface area contributed by atoms with E-state index in [1.165, 1.54) is 35.0 Å². The first-order valence-electron chi connectivity index (χ1n) is 11.3. The second-order valence-corrected chi connectivity index (χ2v) is 9.35. The van der Waals surface area contributed by atoms with Crippen molar-refractivity contribution in [3.05, 3.63) is 59.2 Å². The van der Waals surface area contributed by atoms with Crippen LogP contribution < -0.4 is 9.47 Å². The van der Waals surface area contributed by atoms with Crippen molar-refractivity contribution in [2.75, 3.05) is 14.2 Å². The smallest absolute Gasteiger partial charge is 0.330 e. The van der Waals surface area contributed by atoms with E-state index in [0.717, 1.165) is 5.56 Å². The van der Waals surface area contributed by atoms with Crippen LogP contribution in [0.5, 0.6) is 11.5 Å². The van der Waals surface area contributed by atoms with E-state index in [1.807, 2.05) is 24.3 Å². The van der Waals surface area contributed by atoms with Gasteiger partial charge in [-0.3, -0.25) is 19.4 Å². The molecular weight excluding hydrogens is 452 g/mol. The highest BCUT2D eigenvalue weighted by Gasteiger charge is 2.74. The SMILES string of the molecule is COc1ccc([C@H]2[C@H](C(C)=O)N3N=Cc4ccccc4[C@@H]3C23C(=O)OC(C)(C)OC3=O)cc1OC. The van der Waals surface area contributed by atoms with Gasteiger partial charge in [0.2, 0.25) is 5.41 Å². The average molecular weight is 479 g/mol. The predicted molar refractivity (Wildman–Crippen MR) is 124 cm³/mol. The molecule has 0 N–H and O–H groups in total. The molecule has 2 saturated heterocycles. The van der Waals surface area contributed by atoms with Crippen molar-refractivity contribution >= 4 is 23.9 Å². The van der Waals surface area contributed by atoms with Gasteiger partial charge in [0.25, 0.3) is 5.79 Å². The number of hydrazone groups is 1. The number of nitrogens with zero attached hydrogens (tertiary/aromatic N) is 2. The van der Waals surface area contributed by atoms with Crippen molar-refractivity contribution in [2.45, 2.75) is 44.6 Å². The van der Waals surface area contributed by atoms with Crippen molar-refractivity contribution < 1.29 is 33.3 Å². The lowest BCUT2D eigenvalue weighted by molar-refractivity contribution is -0.254. The maximum Gasteiger partial charge on any atom is 0.330 e. The van der Waals surface area contributed by atoms with E-state index in [1.54, 1.807) is 29.4 Å². The molecule has 0 unspecified atom stereocenters. The lowest BCUT2D eigenvalue weighted by Gasteiger charge is -2.44. The lowest BCUT2D eigenvalue weighted by atomic mass is 9.65. The van der Waals surface area contributed by atoms with Crippen LogP contribution >= 0.6 is 0 Å². The van der Waals surface area contributed by atoms with Gasteiger partial charge in [0, 0.05) is 19.8 Å². The van der Waals surface area contributed by atoms with Crippen molar-refractivity contribution in [1.29, 1.82) is 0 Å². The first kappa shape index (κ1) is 22.9. The van der Waals surface area contributed by atoms with Crippen LogP contribution in [0.2, 0.25) is 0 Å². The number of methoxy groups -OCH3 is 2. The summed E-state index contributed by atoms with van der Waals surface area (Å²) in [4.78, 5) is 41.1. The van der Waals surface area contributed by atoms with Crippen LogP contribution in [-0.4, -0.2) is 55.0 Å². The highest BCUT2D eigenvalue weighted by atomic mass is 16.7. The standard InChI is InChI=1S/C26H26N2O7/c1-14(29)21-20(15-10-11-18(32-4)19(12-15)33-5)26(23(30)34-25(2,3)35-24(26)31)22-17-9-7-6-8-16(17)13-27-28(21)22/h6-13,20-22H,1-5H3/t20-,21-,22+/m0/s1. The minimum absolute atomic E-state index is 0.256. The van der Waals surface area contributed by atoms with Gasteiger partial charge in [0.05, 0.1) is 20.4 Å². The third-order valence-electron chi connectivity index (χ3n) is 6.94. The molecule has 182 valence electrons. The second-order valence-electron chi connectivity index (χ2n) is 9.35. The molecule has 1 spiro atoms. The molecule has 2 aromatic carbocycles. The number of ketones is 1. The fraction of sp³-hybridized carbons (Fsp3) is 0.385. The molecule has 0 aliphatic carbocycles. The highest BCUT2D eigenvalue weighted by molar-refractivity contribution is 6.07. The number of hydrogen-bond donors (Lipinski definition) is 0. The van der Waals surface area contributed by atoms with E-state index in [0.29, 0.717) is 22.6 Å². The van der Waals surface area contributed by atoms with Crippen molar-refractivity contribution in [1.82, 2.24) is 5.01 Å². The number of ether oxygens (including phenoxy) is 4. The van der Waals surface area contributed by atoms with E-state index in [2.05, 4.69) is 5.10 Å². The number of cyclic esters (lactones) is 2. The first-order chi connectivity index (χ1) is 16.7. The Kier molecular flexibility index (Phi) is 5.12. The molecule has 0 saturated carbocycles. The summed E-state index contributed by atoms with van der Waals surface area (Å²) in [6.45, 7) is 4.43. The lowest BCUT2D eigenvalue weighted by Crippen LogP contribution is -2.58. The van der Waals surface area contributed by atoms with E-state index in [9.17, 15) is 14.4 Å². The van der Waals surface area contributed by atoms with Crippen LogP contribution in [-0.2, 0) is 23.9 Å². The van der Waals surface area contributed by atoms with Gasteiger partial charge in [-0.05, 0) is 35.7 Å². The molecule has 3 aliphatic rings. The number of benzene rings is 2. The fourth-order valence-electron chi connectivity index (χ4n) is 5.58. The molecule has 3 aliphatic heterocycles. The van der Waals surface area contributed by atoms with Crippen LogP contribution in [0.3, 0.4) is 0 Å². The molecule has 3 atom stereocenters. The zero-order chi connectivity index (χ0) is 25.1. The minimum atomic E-state index is -1.89. The fourth-order valence-corrected chi connectivity index (χ4v) is 5.58. The van der Waals surface area contributed by atoms with Gasteiger partial charge in [-0.1, -0.05) is 30.3 Å². The molecular formula is C26H26N2O7. The van der Waals surface area contributed by atoms with Gasteiger partial charge in [-0.2, -0.15) is 5.10 Å². The van der Waals surface area contributed by atoms with E-state index < -0.39 is 41.1 Å². The Morgan fingerprint density at radius 1 is 1.00 bits per heavy atom. The van der Waals surface area contributed by atoms with E-state index >= 15 is 0 Å². The van der Waals surface area contributed by atoms with Crippen LogP contribution in [0.4, 0.5) is 0 Å². The first-order valence-corrected chi connectivity index (χ1v) is 11.3. The molecule has 0 radical (unpaired) electrons. The van der Waals surface area contributed by atoms with E-state index in [4.69, 9.17) is 18.9 Å². The molecule has 0 aromatic heterocycles. The quantitative estimate of drug-likeness (QED) is 0.488. The third-order valence-corrected chi connectivity index (χ3v) is 6.94. The Morgan fingerprint density at radius 2 is 1.66 bits per heavy atom. The van der Waals surface area contributed by atoms with Crippen LogP contribution in [0.15, 0.2) is 47.6 Å². The monoisotopic (exact) mass is 478 g/mol. The van der Waals surface area contributed by atoms with Gasteiger partial charge in [0.1, 0.15) is 12.1 Å². The number of carbonyl (C=O) groups excluding carboxylic acids is 3. The molecule has 35 heavy (non-hydrogen) atoms. The normalized spacial score (nSPS) is 25.4. The molecule has 0 amide bonds. The number of esters is 2. The summed E-state index contributed by atoms with van der Waals surface area (Å²) in [5.74, 6) is -3.32. The summed E-state index contributed by atoms with van der Waals surface area (Å²) in [5, 5.41) is 6.11. The summed E-state index contributed by atoms with van der Waals surface area (Å²) in [5.41, 5.74) is 0.0666. The molecule has 5 rings (SSSR count). The van der Waals surface area contributed by atoms with Gasteiger partial charge in [-0.25, -0.2) is 0 Å². The Bertz CT molecular complexity index is 1250. The van der Waals surface area contributed by atoms with E-state index in [-0.39, 0.29) is 5.78 Å². The Hall–Kier alpha value is -3.88. The van der Waals surface area contributed by atoms with Crippen LogP contribution in [0, 0.1) is 5.41 Å². The summed E-state index contributed by atoms with van der Waals surface area (Å²) < 4.78 is 22.2. The van der Waals surface area contributed by atoms with Gasteiger partial charge < -0.3 is 18.9 Å². The molecule has 2 aromatic rings. The summed E-state index contributed by atoms with van der Waals surface area (Å²) >= 11 is 0. The number of carbonyl (C=O) groups is 3. The summed E-state index contributed by atoms with van der Waals surface area (Å²) in [7, 11) is 3.00. The maximum atomic E-state index is 14.0. The highest BCUT2D eigenvalue weighted by Crippen LogP contribution is 2.62. The Balaban J connectivity index is 1.82. The van der Waals surface area contributed by atoms with Crippen LogP contribution in [0.1, 0.15) is 49.4 Å². The largest absolute Gasteiger partial charge is 0.493 e. The van der Waals surface area contributed by atoms with Crippen LogP contribution in [0.25, 0.3) is 0 Å². The molecule has 2 fully saturated rings. The number of hydrogen-bond acceptors (Lipinski definition) is 9. The molecule has 0 bridgehead atoms. The van der Waals surface area contributed by atoms with Crippen molar-refractivity contribution in [2.24, 2.45) is 10.5 Å². The topological polar surface area (TPSA) is 104 Å². The predicted octanol–water partition coefficient (Wildman–Crippen LogP) is 2.97. The van der Waals surface area contributed by atoms with Crippen molar-refractivity contribution in [3.8, 4) is 11.5 Å². The van der Waals surface area contributed by atoms with Gasteiger partial charge in [0.15, 0.2) is 17.3 Å². The average Bonchev–Trinajstić information content (AvgIpc) is 3.14. The molecule has 3 heterocycles. The summed E-state index contributed by atoms with van der Waals surface area (Å²) in [6.07, 6.45) is 1.63. The minimum Gasteiger partial charge on any atom is -0.493 e. The van der Waals surface area contributed by atoms with Crippen molar-refractivity contribution in [3.63, 3.8) is 0 Å². The number of rotatable bonds is 4. The molecule has 9 heteroatoms. The summed E-state index contributed by atoms with van der Waals surface area (Å²) in [6, 6.07) is 10.6. The second kappa shape index (κ2) is 7.83. The number of Topliss-reactive ketones (excluding diaryl/α,β-unsaturated/α-hetero) is 1. The van der Waals surface area contributed by atoms with Gasteiger partial charge >= 0.3 is 11.9 Å².